The summed E-state index contributed by atoms with van der Waals surface area (Å²) < 4.78 is 34.0. The fourth-order valence-corrected chi connectivity index (χ4v) is 4.43. The Morgan fingerprint density at radius 2 is 1.82 bits per heavy atom. The largest absolute Gasteiger partial charge is 0.489 e. The zero-order valence-corrected chi connectivity index (χ0v) is 17.0. The number of nitrogens with one attached hydrogen (secondary N) is 1. The Balaban J connectivity index is 1.66. The third kappa shape index (κ3) is 4.97. The second-order valence-electron chi connectivity index (χ2n) is 6.83. The molecule has 1 unspecified atom stereocenters. The molecule has 6 heteroatoms. The van der Waals surface area contributed by atoms with E-state index in [1.54, 1.807) is 31.5 Å². The lowest BCUT2D eigenvalue weighted by Gasteiger charge is -2.16. The van der Waals surface area contributed by atoms with E-state index in [2.05, 4.69) is 9.71 Å². The topological polar surface area (TPSA) is 68.3 Å². The van der Waals surface area contributed by atoms with Crippen molar-refractivity contribution in [3.05, 3.63) is 89.2 Å². The molecule has 3 aromatic rings. The molecule has 0 saturated heterocycles. The minimum Gasteiger partial charge on any atom is -0.489 e. The number of hydrogen-bond donors (Lipinski definition) is 1. The Kier molecular flexibility index (Phi) is 6.11. The fraction of sp³-hybridized carbons (Fsp3) is 0.227. The van der Waals surface area contributed by atoms with E-state index in [-0.39, 0.29) is 6.04 Å². The molecule has 0 aliphatic heterocycles. The van der Waals surface area contributed by atoms with Crippen molar-refractivity contribution in [2.75, 3.05) is 0 Å². The molecule has 0 amide bonds. The number of rotatable bonds is 7. The highest BCUT2D eigenvalue weighted by Crippen LogP contribution is 2.22. The summed E-state index contributed by atoms with van der Waals surface area (Å²) >= 11 is 0. The standard InChI is InChI=1S/C22H24N2O3S/c1-16-6-11-22(17(2)13-16)28(25,26)24-18(3)20-7-9-21(10-8-20)27-15-19-5-4-12-23-14-19/h4-14,18,24H,15H2,1-3H3. The molecule has 0 aliphatic rings. The molecular weight excluding hydrogens is 372 g/mol. The summed E-state index contributed by atoms with van der Waals surface area (Å²) in [5.74, 6) is 0.719. The number of hydrogen-bond acceptors (Lipinski definition) is 4. The Hall–Kier alpha value is -2.70. The van der Waals surface area contributed by atoms with Crippen molar-refractivity contribution < 1.29 is 13.2 Å². The first-order chi connectivity index (χ1) is 13.3. The summed E-state index contributed by atoms with van der Waals surface area (Å²) in [6.07, 6.45) is 3.48. The molecule has 146 valence electrons. The average molecular weight is 397 g/mol. The second kappa shape index (κ2) is 8.54. The normalized spacial score (nSPS) is 12.5. The Morgan fingerprint density at radius 1 is 1.07 bits per heavy atom. The molecule has 1 heterocycles. The number of aryl methyl sites for hydroxylation is 2. The molecule has 3 rings (SSSR count). The first kappa shape index (κ1) is 20.0. The fourth-order valence-electron chi connectivity index (χ4n) is 2.97. The van der Waals surface area contributed by atoms with Crippen LogP contribution in [0.2, 0.25) is 0 Å². The summed E-state index contributed by atoms with van der Waals surface area (Å²) in [5.41, 5.74) is 3.62. The van der Waals surface area contributed by atoms with Crippen molar-refractivity contribution in [3.8, 4) is 5.75 Å². The van der Waals surface area contributed by atoms with Crippen molar-refractivity contribution in [1.82, 2.24) is 9.71 Å². The predicted octanol–water partition coefficient (Wildman–Crippen LogP) is 4.32. The average Bonchev–Trinajstić information content (AvgIpc) is 2.67. The molecule has 0 spiro atoms. The molecule has 0 aliphatic carbocycles. The number of sulfonamides is 1. The molecule has 0 saturated carbocycles. The summed E-state index contributed by atoms with van der Waals surface area (Å²) in [7, 11) is -3.60. The summed E-state index contributed by atoms with van der Waals surface area (Å²) in [6.45, 7) is 6.01. The van der Waals surface area contributed by atoms with Gasteiger partial charge in [0.05, 0.1) is 4.90 Å². The van der Waals surface area contributed by atoms with Gasteiger partial charge >= 0.3 is 0 Å². The number of benzene rings is 2. The smallest absolute Gasteiger partial charge is 0.241 e. The quantitative estimate of drug-likeness (QED) is 0.646. The van der Waals surface area contributed by atoms with E-state index in [9.17, 15) is 8.42 Å². The van der Waals surface area contributed by atoms with Gasteiger partial charge in [-0.15, -0.1) is 0 Å². The lowest BCUT2D eigenvalue weighted by atomic mass is 10.1. The van der Waals surface area contributed by atoms with E-state index in [4.69, 9.17) is 4.74 Å². The molecule has 28 heavy (non-hydrogen) atoms. The minimum absolute atomic E-state index is 0.307. The SMILES string of the molecule is Cc1ccc(S(=O)(=O)NC(C)c2ccc(OCc3cccnc3)cc2)c(C)c1. The van der Waals surface area contributed by atoms with Crippen LogP contribution in [0.3, 0.4) is 0 Å². The van der Waals surface area contributed by atoms with Crippen molar-refractivity contribution in [2.24, 2.45) is 0 Å². The van der Waals surface area contributed by atoms with Gasteiger partial charge in [0.25, 0.3) is 0 Å². The molecule has 5 nitrogen and oxygen atoms in total. The van der Waals surface area contributed by atoms with Crippen LogP contribution in [0.25, 0.3) is 0 Å². The molecule has 0 radical (unpaired) electrons. The third-order valence-electron chi connectivity index (χ3n) is 4.46. The number of ether oxygens (including phenoxy) is 1. The van der Waals surface area contributed by atoms with Gasteiger partial charge in [-0.3, -0.25) is 4.98 Å². The predicted molar refractivity (Wildman–Crippen MR) is 110 cm³/mol. The minimum atomic E-state index is -3.60. The molecule has 0 fully saturated rings. The van der Waals surface area contributed by atoms with Gasteiger partial charge in [-0.1, -0.05) is 35.9 Å². The van der Waals surface area contributed by atoms with Gasteiger partial charge < -0.3 is 4.74 Å². The van der Waals surface area contributed by atoms with E-state index < -0.39 is 10.0 Å². The van der Waals surface area contributed by atoms with Crippen LogP contribution >= 0.6 is 0 Å². The van der Waals surface area contributed by atoms with Crippen LogP contribution in [0.15, 0.2) is 71.9 Å². The van der Waals surface area contributed by atoms with Crippen molar-refractivity contribution >= 4 is 10.0 Å². The Morgan fingerprint density at radius 3 is 2.46 bits per heavy atom. The van der Waals surface area contributed by atoms with E-state index >= 15 is 0 Å². The number of aromatic nitrogens is 1. The Bertz CT molecular complexity index is 1030. The van der Waals surface area contributed by atoms with Crippen molar-refractivity contribution in [2.45, 2.75) is 38.3 Å². The van der Waals surface area contributed by atoms with Gasteiger partial charge in [-0.2, -0.15) is 0 Å². The molecule has 1 N–H and O–H groups in total. The van der Waals surface area contributed by atoms with Crippen LogP contribution in [0, 0.1) is 13.8 Å². The third-order valence-corrected chi connectivity index (χ3v) is 6.16. The van der Waals surface area contributed by atoms with Crippen molar-refractivity contribution in [3.63, 3.8) is 0 Å². The van der Waals surface area contributed by atoms with Crippen LogP contribution in [-0.2, 0) is 16.6 Å². The van der Waals surface area contributed by atoms with Gasteiger partial charge in [0.2, 0.25) is 10.0 Å². The van der Waals surface area contributed by atoms with Crippen LogP contribution in [0.4, 0.5) is 0 Å². The lowest BCUT2D eigenvalue weighted by Crippen LogP contribution is -2.27. The molecule has 1 aromatic heterocycles. The van der Waals surface area contributed by atoms with E-state index in [1.165, 1.54) is 0 Å². The first-order valence-electron chi connectivity index (χ1n) is 9.06. The second-order valence-corrected chi connectivity index (χ2v) is 8.51. The highest BCUT2D eigenvalue weighted by Gasteiger charge is 2.20. The van der Waals surface area contributed by atoms with E-state index in [0.29, 0.717) is 11.5 Å². The maximum atomic E-state index is 12.7. The van der Waals surface area contributed by atoms with Crippen molar-refractivity contribution in [1.29, 1.82) is 0 Å². The van der Waals surface area contributed by atoms with Gasteiger partial charge in [0.1, 0.15) is 12.4 Å². The lowest BCUT2D eigenvalue weighted by molar-refractivity contribution is 0.305. The first-order valence-corrected chi connectivity index (χ1v) is 10.5. The van der Waals surface area contributed by atoms with E-state index in [1.807, 2.05) is 56.3 Å². The summed E-state index contributed by atoms with van der Waals surface area (Å²) in [5, 5.41) is 0. The van der Waals surface area contributed by atoms with Crippen LogP contribution in [0.1, 0.15) is 35.2 Å². The highest BCUT2D eigenvalue weighted by atomic mass is 32.2. The zero-order valence-electron chi connectivity index (χ0n) is 16.2. The Labute approximate surface area is 166 Å². The van der Waals surface area contributed by atoms with Crippen LogP contribution in [0.5, 0.6) is 5.75 Å². The zero-order chi connectivity index (χ0) is 20.1. The van der Waals surface area contributed by atoms with Crippen LogP contribution < -0.4 is 9.46 Å². The van der Waals surface area contributed by atoms with Gasteiger partial charge in [-0.25, -0.2) is 13.1 Å². The number of nitrogens with zero attached hydrogens (tertiary/aromatic N) is 1. The number of pyridine rings is 1. The summed E-state index contributed by atoms with van der Waals surface area (Å²) in [6, 6.07) is 16.2. The maximum absolute atomic E-state index is 12.7. The molecule has 1 atom stereocenters. The maximum Gasteiger partial charge on any atom is 0.241 e. The van der Waals surface area contributed by atoms with Gasteiger partial charge in [0, 0.05) is 24.0 Å². The van der Waals surface area contributed by atoms with Gasteiger partial charge in [0.15, 0.2) is 0 Å². The molecular formula is C22H24N2O3S. The van der Waals surface area contributed by atoms with Gasteiger partial charge in [-0.05, 0) is 56.2 Å². The molecule has 0 bridgehead atoms. The van der Waals surface area contributed by atoms with Crippen LogP contribution in [-0.4, -0.2) is 13.4 Å². The molecule has 2 aromatic carbocycles. The van der Waals surface area contributed by atoms with E-state index in [0.717, 1.165) is 28.0 Å². The monoisotopic (exact) mass is 396 g/mol. The summed E-state index contributed by atoms with van der Waals surface area (Å²) in [4.78, 5) is 4.37. The highest BCUT2D eigenvalue weighted by molar-refractivity contribution is 7.89.